The summed E-state index contributed by atoms with van der Waals surface area (Å²) < 4.78 is 4.99. The van der Waals surface area contributed by atoms with Crippen LogP contribution in [0.3, 0.4) is 0 Å². The molecule has 15 heavy (non-hydrogen) atoms. The molecular formula is C13H24O2. The smallest absolute Gasteiger partial charge is 0.135 e. The molecule has 0 radical (unpaired) electrons. The number of methoxy groups -OCH3 is 1. The van der Waals surface area contributed by atoms with Gasteiger partial charge < -0.3 is 4.74 Å². The predicted molar refractivity (Wildman–Crippen MR) is 61.9 cm³/mol. The maximum absolute atomic E-state index is 11.8. The van der Waals surface area contributed by atoms with Crippen molar-refractivity contribution in [2.24, 2.45) is 11.8 Å². The molecule has 2 nitrogen and oxygen atoms in total. The van der Waals surface area contributed by atoms with Crippen molar-refractivity contribution in [1.82, 2.24) is 0 Å². The van der Waals surface area contributed by atoms with Crippen LogP contribution in [0.25, 0.3) is 0 Å². The van der Waals surface area contributed by atoms with Gasteiger partial charge in [0.05, 0.1) is 0 Å². The third-order valence-corrected chi connectivity index (χ3v) is 3.58. The average Bonchev–Trinajstić information content (AvgIpc) is 2.75. The van der Waals surface area contributed by atoms with Gasteiger partial charge in [0.1, 0.15) is 5.78 Å². The highest BCUT2D eigenvalue weighted by molar-refractivity contribution is 5.80. The molecule has 0 bridgehead atoms. The Morgan fingerprint density at radius 2 is 2.07 bits per heavy atom. The van der Waals surface area contributed by atoms with Crippen LogP contribution in [0.5, 0.6) is 0 Å². The number of rotatable bonds is 7. The standard InChI is InChI=1S/C13H24O2/c1-11(9-10-15-2)13(14)8-7-12-5-3-4-6-12/h11-12H,3-10H2,1-2H3. The first-order chi connectivity index (χ1) is 7.24. The summed E-state index contributed by atoms with van der Waals surface area (Å²) in [6, 6.07) is 0. The van der Waals surface area contributed by atoms with Gasteiger partial charge in [-0.1, -0.05) is 32.6 Å². The van der Waals surface area contributed by atoms with Crippen molar-refractivity contribution in [1.29, 1.82) is 0 Å². The Labute approximate surface area is 93.4 Å². The largest absolute Gasteiger partial charge is 0.385 e. The van der Waals surface area contributed by atoms with Crippen molar-refractivity contribution in [3.05, 3.63) is 0 Å². The van der Waals surface area contributed by atoms with E-state index >= 15 is 0 Å². The van der Waals surface area contributed by atoms with Gasteiger partial charge in [-0.25, -0.2) is 0 Å². The highest BCUT2D eigenvalue weighted by Crippen LogP contribution is 2.29. The van der Waals surface area contributed by atoms with Crippen molar-refractivity contribution in [2.75, 3.05) is 13.7 Å². The maximum Gasteiger partial charge on any atom is 0.135 e. The molecule has 1 rings (SSSR count). The van der Waals surface area contributed by atoms with Gasteiger partial charge in [-0.05, 0) is 18.8 Å². The van der Waals surface area contributed by atoms with E-state index < -0.39 is 0 Å². The second-order valence-electron chi connectivity index (χ2n) is 4.84. The number of ether oxygens (including phenoxy) is 1. The Hall–Kier alpha value is -0.370. The van der Waals surface area contributed by atoms with E-state index in [2.05, 4.69) is 0 Å². The molecule has 0 aromatic carbocycles. The van der Waals surface area contributed by atoms with Crippen LogP contribution in [0.15, 0.2) is 0 Å². The van der Waals surface area contributed by atoms with Crippen LogP contribution in [0.4, 0.5) is 0 Å². The van der Waals surface area contributed by atoms with E-state index in [1.165, 1.54) is 25.7 Å². The zero-order chi connectivity index (χ0) is 11.1. The molecule has 1 unspecified atom stereocenters. The molecule has 1 aliphatic carbocycles. The molecule has 0 amide bonds. The molecule has 0 heterocycles. The van der Waals surface area contributed by atoms with Crippen LogP contribution in [0.1, 0.15) is 51.9 Å². The van der Waals surface area contributed by atoms with E-state index in [-0.39, 0.29) is 5.92 Å². The molecule has 0 aromatic heterocycles. The molecule has 1 fully saturated rings. The van der Waals surface area contributed by atoms with Gasteiger partial charge in [0.2, 0.25) is 0 Å². The number of carbonyl (C=O) groups is 1. The predicted octanol–water partition coefficient (Wildman–Crippen LogP) is 3.20. The van der Waals surface area contributed by atoms with Gasteiger partial charge in [-0.15, -0.1) is 0 Å². The van der Waals surface area contributed by atoms with Crippen LogP contribution in [-0.2, 0) is 9.53 Å². The van der Waals surface area contributed by atoms with Crippen LogP contribution >= 0.6 is 0 Å². The minimum absolute atomic E-state index is 0.186. The van der Waals surface area contributed by atoms with Gasteiger partial charge in [-0.3, -0.25) is 4.79 Å². The molecule has 1 atom stereocenters. The monoisotopic (exact) mass is 212 g/mol. The molecule has 0 spiro atoms. The lowest BCUT2D eigenvalue weighted by molar-refractivity contribution is -0.123. The molecule has 0 saturated heterocycles. The number of carbonyl (C=O) groups excluding carboxylic acids is 1. The average molecular weight is 212 g/mol. The van der Waals surface area contributed by atoms with E-state index in [0.717, 1.165) is 25.2 Å². The third kappa shape index (κ3) is 4.78. The van der Waals surface area contributed by atoms with Gasteiger partial charge in [0, 0.05) is 26.1 Å². The molecule has 88 valence electrons. The highest BCUT2D eigenvalue weighted by atomic mass is 16.5. The fourth-order valence-electron chi connectivity index (χ4n) is 2.35. The normalized spacial score (nSPS) is 19.3. The Morgan fingerprint density at radius 1 is 1.40 bits per heavy atom. The zero-order valence-corrected chi connectivity index (χ0v) is 10.1. The Morgan fingerprint density at radius 3 is 2.67 bits per heavy atom. The second kappa shape index (κ2) is 7.00. The zero-order valence-electron chi connectivity index (χ0n) is 10.1. The summed E-state index contributed by atoms with van der Waals surface area (Å²) in [4.78, 5) is 11.8. The van der Waals surface area contributed by atoms with Crippen molar-refractivity contribution in [3.63, 3.8) is 0 Å². The summed E-state index contributed by atoms with van der Waals surface area (Å²) in [7, 11) is 1.69. The number of hydrogen-bond acceptors (Lipinski definition) is 2. The van der Waals surface area contributed by atoms with E-state index in [0.29, 0.717) is 12.4 Å². The third-order valence-electron chi connectivity index (χ3n) is 3.58. The molecular weight excluding hydrogens is 188 g/mol. The van der Waals surface area contributed by atoms with Crippen molar-refractivity contribution < 1.29 is 9.53 Å². The summed E-state index contributed by atoms with van der Waals surface area (Å²) in [5.41, 5.74) is 0. The summed E-state index contributed by atoms with van der Waals surface area (Å²) in [6.07, 6.45) is 8.22. The summed E-state index contributed by atoms with van der Waals surface area (Å²) in [5.74, 6) is 1.45. The van der Waals surface area contributed by atoms with Crippen LogP contribution < -0.4 is 0 Å². The molecule has 1 aliphatic rings. The van der Waals surface area contributed by atoms with Crippen molar-refractivity contribution in [3.8, 4) is 0 Å². The quantitative estimate of drug-likeness (QED) is 0.648. The van der Waals surface area contributed by atoms with E-state index in [1.54, 1.807) is 7.11 Å². The molecule has 0 N–H and O–H groups in total. The fourth-order valence-corrected chi connectivity index (χ4v) is 2.35. The van der Waals surface area contributed by atoms with E-state index in [1.807, 2.05) is 6.92 Å². The Balaban J connectivity index is 2.11. The van der Waals surface area contributed by atoms with Gasteiger partial charge in [0.15, 0.2) is 0 Å². The first-order valence-corrected chi connectivity index (χ1v) is 6.25. The minimum Gasteiger partial charge on any atom is -0.385 e. The van der Waals surface area contributed by atoms with Gasteiger partial charge >= 0.3 is 0 Å². The Kier molecular flexibility index (Phi) is 5.92. The lowest BCUT2D eigenvalue weighted by atomic mass is 9.94. The summed E-state index contributed by atoms with van der Waals surface area (Å²) in [5, 5.41) is 0. The lowest BCUT2D eigenvalue weighted by Gasteiger charge is -2.12. The summed E-state index contributed by atoms with van der Waals surface area (Å²) >= 11 is 0. The Bertz CT molecular complexity index is 183. The lowest BCUT2D eigenvalue weighted by Crippen LogP contribution is -2.14. The number of ketones is 1. The van der Waals surface area contributed by atoms with Crippen molar-refractivity contribution in [2.45, 2.75) is 51.9 Å². The van der Waals surface area contributed by atoms with Crippen LogP contribution in [-0.4, -0.2) is 19.5 Å². The first kappa shape index (κ1) is 12.7. The summed E-state index contributed by atoms with van der Waals surface area (Å²) in [6.45, 7) is 2.73. The molecule has 2 heteroatoms. The first-order valence-electron chi connectivity index (χ1n) is 6.25. The van der Waals surface area contributed by atoms with Crippen LogP contribution in [0.2, 0.25) is 0 Å². The van der Waals surface area contributed by atoms with E-state index in [9.17, 15) is 4.79 Å². The number of hydrogen-bond donors (Lipinski definition) is 0. The molecule has 0 aliphatic heterocycles. The van der Waals surface area contributed by atoms with Gasteiger partial charge in [-0.2, -0.15) is 0 Å². The highest BCUT2D eigenvalue weighted by Gasteiger charge is 2.18. The molecule has 1 saturated carbocycles. The second-order valence-corrected chi connectivity index (χ2v) is 4.84. The van der Waals surface area contributed by atoms with Crippen LogP contribution in [0, 0.1) is 11.8 Å². The fraction of sp³-hybridized carbons (Fsp3) is 0.923. The number of Topliss-reactive ketones (excluding diaryl/α,β-unsaturated/α-hetero) is 1. The minimum atomic E-state index is 0.186. The SMILES string of the molecule is COCCC(C)C(=O)CCC1CCCC1. The van der Waals surface area contributed by atoms with Crippen molar-refractivity contribution >= 4 is 5.78 Å². The topological polar surface area (TPSA) is 26.3 Å². The van der Waals surface area contributed by atoms with Gasteiger partial charge in [0.25, 0.3) is 0 Å². The van der Waals surface area contributed by atoms with E-state index in [4.69, 9.17) is 4.74 Å². The molecule has 0 aromatic rings. The maximum atomic E-state index is 11.8.